The molecule has 3 rings (SSSR count). The van der Waals surface area contributed by atoms with Crippen LogP contribution in [0.1, 0.15) is 28.4 Å². The number of pyridine rings is 1. The minimum Gasteiger partial charge on any atom is -0.481 e. The number of halogens is 3. The first-order valence-corrected chi connectivity index (χ1v) is 8.81. The summed E-state index contributed by atoms with van der Waals surface area (Å²) in [6, 6.07) is 10.3. The van der Waals surface area contributed by atoms with Crippen LogP contribution >= 0.6 is 0 Å². The molecule has 0 atom stereocenters. The molecule has 2 aromatic heterocycles. The maximum atomic E-state index is 12.9. The summed E-state index contributed by atoms with van der Waals surface area (Å²) in [5, 5.41) is 4.22. The predicted octanol–water partition coefficient (Wildman–Crippen LogP) is 4.07. The molecule has 0 N–H and O–H groups in total. The van der Waals surface area contributed by atoms with E-state index in [1.165, 1.54) is 25.4 Å². The Kier molecular flexibility index (Phi) is 5.58. The lowest BCUT2D eigenvalue weighted by Crippen LogP contribution is -2.32. The van der Waals surface area contributed by atoms with Crippen LogP contribution in [-0.4, -0.2) is 40.6 Å². The van der Waals surface area contributed by atoms with Gasteiger partial charge in [0.1, 0.15) is 0 Å². The van der Waals surface area contributed by atoms with Crippen molar-refractivity contribution in [2.24, 2.45) is 0 Å². The summed E-state index contributed by atoms with van der Waals surface area (Å²) in [6.45, 7) is 2.72. The summed E-state index contributed by atoms with van der Waals surface area (Å²) in [4.78, 5) is 14.6. The highest BCUT2D eigenvalue weighted by atomic mass is 19.4. The van der Waals surface area contributed by atoms with Gasteiger partial charge in [0.15, 0.2) is 0 Å². The molecule has 0 spiro atoms. The number of carbonyl (C=O) groups is 1. The van der Waals surface area contributed by atoms with Gasteiger partial charge in [-0.05, 0) is 37.1 Å². The van der Waals surface area contributed by atoms with Crippen molar-refractivity contribution in [3.8, 4) is 5.88 Å². The Labute approximate surface area is 160 Å². The molecule has 2 heterocycles. The molecule has 0 aliphatic rings. The molecule has 0 unspecified atom stereocenters. The van der Waals surface area contributed by atoms with E-state index in [2.05, 4.69) is 5.10 Å². The van der Waals surface area contributed by atoms with Crippen LogP contribution in [0.2, 0.25) is 0 Å². The summed E-state index contributed by atoms with van der Waals surface area (Å²) in [7, 11) is 1.53. The van der Waals surface area contributed by atoms with Gasteiger partial charge in [-0.25, -0.2) is 4.52 Å². The lowest BCUT2D eigenvalue weighted by atomic mass is 10.1. The van der Waals surface area contributed by atoms with Crippen molar-refractivity contribution in [3.05, 3.63) is 65.4 Å². The molecule has 0 saturated carbocycles. The lowest BCUT2D eigenvalue weighted by Gasteiger charge is -2.20. The van der Waals surface area contributed by atoms with Gasteiger partial charge in [0.25, 0.3) is 5.91 Å². The standard InChI is InChI=1S/C20H20F3N3O2/c1-3-25(12-11-14-7-9-15(10-8-14)20(21,22)23)19(27)16-13-24-26-17(16)5-4-6-18(26)28-2/h4-10,13H,3,11-12H2,1-2H3. The highest BCUT2D eigenvalue weighted by Gasteiger charge is 2.30. The Morgan fingerprint density at radius 1 is 1.18 bits per heavy atom. The van der Waals surface area contributed by atoms with Gasteiger partial charge in [0.2, 0.25) is 5.88 Å². The van der Waals surface area contributed by atoms with Gasteiger partial charge in [0.05, 0.1) is 30.0 Å². The van der Waals surface area contributed by atoms with Crippen molar-refractivity contribution in [1.29, 1.82) is 0 Å². The molecular formula is C20H20F3N3O2. The maximum Gasteiger partial charge on any atom is 0.416 e. The van der Waals surface area contributed by atoms with Gasteiger partial charge in [-0.2, -0.15) is 18.3 Å². The van der Waals surface area contributed by atoms with Gasteiger partial charge in [-0.3, -0.25) is 4.79 Å². The number of nitrogens with zero attached hydrogens (tertiary/aromatic N) is 3. The average molecular weight is 391 g/mol. The molecule has 0 aliphatic heterocycles. The second kappa shape index (κ2) is 7.92. The van der Waals surface area contributed by atoms with Crippen molar-refractivity contribution in [2.75, 3.05) is 20.2 Å². The number of ether oxygens (including phenoxy) is 1. The molecule has 148 valence electrons. The number of alkyl halides is 3. The van der Waals surface area contributed by atoms with E-state index in [0.29, 0.717) is 36.5 Å². The highest BCUT2D eigenvalue weighted by Crippen LogP contribution is 2.29. The van der Waals surface area contributed by atoms with E-state index in [1.807, 2.05) is 6.92 Å². The number of methoxy groups -OCH3 is 1. The summed E-state index contributed by atoms with van der Waals surface area (Å²) in [6.07, 6.45) is -2.39. The van der Waals surface area contributed by atoms with Crippen LogP contribution in [0, 0.1) is 0 Å². The Morgan fingerprint density at radius 2 is 1.89 bits per heavy atom. The highest BCUT2D eigenvalue weighted by molar-refractivity contribution is 6.00. The molecule has 3 aromatic rings. The van der Waals surface area contributed by atoms with Gasteiger partial charge in [0, 0.05) is 19.2 Å². The van der Waals surface area contributed by atoms with E-state index in [0.717, 1.165) is 17.7 Å². The third kappa shape index (κ3) is 3.95. The Balaban J connectivity index is 1.74. The SMILES string of the molecule is CCN(CCc1ccc(C(F)(F)F)cc1)C(=O)c1cnn2c(OC)cccc12. The molecule has 1 amide bonds. The average Bonchev–Trinajstić information content (AvgIpc) is 3.12. The Morgan fingerprint density at radius 3 is 2.50 bits per heavy atom. The zero-order valence-corrected chi connectivity index (χ0v) is 15.5. The first kappa shape index (κ1) is 19.7. The van der Waals surface area contributed by atoms with Gasteiger partial charge in [-0.15, -0.1) is 0 Å². The quantitative estimate of drug-likeness (QED) is 0.637. The summed E-state index contributed by atoms with van der Waals surface area (Å²) in [5.41, 5.74) is 1.14. The second-order valence-electron chi connectivity index (χ2n) is 6.25. The molecule has 1 aromatic carbocycles. The van der Waals surface area contributed by atoms with Crippen LogP contribution in [-0.2, 0) is 12.6 Å². The molecule has 0 aliphatic carbocycles. The van der Waals surface area contributed by atoms with E-state index >= 15 is 0 Å². The van der Waals surface area contributed by atoms with Crippen molar-refractivity contribution < 1.29 is 22.7 Å². The zero-order chi connectivity index (χ0) is 20.3. The monoisotopic (exact) mass is 391 g/mol. The number of hydrogen-bond donors (Lipinski definition) is 0. The lowest BCUT2D eigenvalue weighted by molar-refractivity contribution is -0.137. The third-order valence-corrected chi connectivity index (χ3v) is 4.57. The molecule has 0 bridgehead atoms. The number of likely N-dealkylation sites (N-methyl/N-ethyl adjacent to an activating group) is 1. The van der Waals surface area contributed by atoms with E-state index in [-0.39, 0.29) is 5.91 Å². The van der Waals surface area contributed by atoms with Gasteiger partial charge >= 0.3 is 6.18 Å². The smallest absolute Gasteiger partial charge is 0.416 e. The molecule has 5 nitrogen and oxygen atoms in total. The van der Waals surface area contributed by atoms with Crippen molar-refractivity contribution >= 4 is 11.4 Å². The number of carbonyl (C=O) groups excluding carboxylic acids is 1. The van der Waals surface area contributed by atoms with Gasteiger partial charge < -0.3 is 9.64 Å². The zero-order valence-electron chi connectivity index (χ0n) is 15.5. The maximum absolute atomic E-state index is 12.9. The molecule has 0 saturated heterocycles. The number of benzene rings is 1. The fourth-order valence-corrected chi connectivity index (χ4v) is 3.00. The number of fused-ring (bicyclic) bond motifs is 1. The first-order chi connectivity index (χ1) is 13.3. The van der Waals surface area contributed by atoms with Crippen molar-refractivity contribution in [1.82, 2.24) is 14.5 Å². The number of rotatable bonds is 6. The van der Waals surface area contributed by atoms with E-state index in [9.17, 15) is 18.0 Å². The Hall–Kier alpha value is -3.03. The van der Waals surface area contributed by atoms with Crippen LogP contribution < -0.4 is 4.74 Å². The molecule has 0 fully saturated rings. The van der Waals surface area contributed by atoms with Crippen LogP contribution in [0.5, 0.6) is 5.88 Å². The summed E-state index contributed by atoms with van der Waals surface area (Å²) >= 11 is 0. The predicted molar refractivity (Wildman–Crippen MR) is 98.5 cm³/mol. The van der Waals surface area contributed by atoms with Crippen LogP contribution in [0.25, 0.3) is 5.52 Å². The van der Waals surface area contributed by atoms with Crippen LogP contribution in [0.15, 0.2) is 48.7 Å². The normalized spacial score (nSPS) is 11.6. The number of aromatic nitrogens is 2. The molecule has 0 radical (unpaired) electrons. The third-order valence-electron chi connectivity index (χ3n) is 4.57. The largest absolute Gasteiger partial charge is 0.481 e. The van der Waals surface area contributed by atoms with Crippen LogP contribution in [0.4, 0.5) is 13.2 Å². The minimum atomic E-state index is -4.35. The molecule has 28 heavy (non-hydrogen) atoms. The minimum absolute atomic E-state index is 0.183. The fourth-order valence-electron chi connectivity index (χ4n) is 3.00. The van der Waals surface area contributed by atoms with E-state index in [1.54, 1.807) is 27.6 Å². The van der Waals surface area contributed by atoms with E-state index in [4.69, 9.17) is 4.74 Å². The van der Waals surface area contributed by atoms with Crippen molar-refractivity contribution in [2.45, 2.75) is 19.5 Å². The Bertz CT molecular complexity index is 965. The molecular weight excluding hydrogens is 371 g/mol. The fraction of sp³-hybridized carbons (Fsp3) is 0.300. The summed E-state index contributed by atoms with van der Waals surface area (Å²) in [5.74, 6) is 0.335. The van der Waals surface area contributed by atoms with Gasteiger partial charge in [-0.1, -0.05) is 18.2 Å². The first-order valence-electron chi connectivity index (χ1n) is 8.81. The topological polar surface area (TPSA) is 46.8 Å². The second-order valence-corrected chi connectivity index (χ2v) is 6.25. The number of hydrogen-bond acceptors (Lipinski definition) is 3. The van der Waals surface area contributed by atoms with Crippen molar-refractivity contribution in [3.63, 3.8) is 0 Å². The molecule has 8 heteroatoms. The van der Waals surface area contributed by atoms with Crippen LogP contribution in [0.3, 0.4) is 0 Å². The number of amides is 1. The summed E-state index contributed by atoms with van der Waals surface area (Å²) < 4.78 is 44.8. The van der Waals surface area contributed by atoms with E-state index < -0.39 is 11.7 Å².